The molecule has 1 N–H and O–H groups in total. The lowest BCUT2D eigenvalue weighted by Crippen LogP contribution is -2.28. The SMILES string of the molecule is C#Cc1ccc(-c2cnc3n2CCNC3)o1.Cl. The van der Waals surface area contributed by atoms with Crippen LogP contribution in [-0.4, -0.2) is 16.1 Å². The van der Waals surface area contributed by atoms with Crippen molar-refractivity contribution in [2.75, 3.05) is 6.54 Å². The highest BCUT2D eigenvalue weighted by Crippen LogP contribution is 2.24. The molecule has 0 fully saturated rings. The summed E-state index contributed by atoms with van der Waals surface area (Å²) in [5, 5.41) is 3.28. The Balaban J connectivity index is 0.00000108. The Morgan fingerprint density at radius 2 is 2.35 bits per heavy atom. The van der Waals surface area contributed by atoms with E-state index in [0.29, 0.717) is 5.76 Å². The van der Waals surface area contributed by atoms with E-state index in [0.717, 1.165) is 36.9 Å². The van der Waals surface area contributed by atoms with Gasteiger partial charge in [0.15, 0.2) is 11.5 Å². The average molecular weight is 250 g/mol. The standard InChI is InChI=1S/C12H11N3O.ClH/c1-2-9-3-4-11(16-9)10-7-14-12-8-13-5-6-15(10)12;/h1,3-4,7,13H,5-6,8H2;1H. The highest BCUT2D eigenvalue weighted by molar-refractivity contribution is 5.85. The van der Waals surface area contributed by atoms with Gasteiger partial charge in [-0.2, -0.15) is 0 Å². The Hall–Kier alpha value is -1.70. The zero-order valence-electron chi connectivity index (χ0n) is 9.14. The van der Waals surface area contributed by atoms with E-state index in [4.69, 9.17) is 10.8 Å². The van der Waals surface area contributed by atoms with Crippen molar-refractivity contribution in [2.45, 2.75) is 13.1 Å². The van der Waals surface area contributed by atoms with Crippen LogP contribution in [0.1, 0.15) is 11.6 Å². The molecule has 0 spiro atoms. The van der Waals surface area contributed by atoms with Crippen LogP contribution in [0.4, 0.5) is 0 Å². The summed E-state index contributed by atoms with van der Waals surface area (Å²) in [4.78, 5) is 4.36. The number of fused-ring (bicyclic) bond motifs is 1. The van der Waals surface area contributed by atoms with E-state index in [1.807, 2.05) is 12.3 Å². The molecule has 0 unspecified atom stereocenters. The van der Waals surface area contributed by atoms with Gasteiger partial charge in [-0.1, -0.05) is 0 Å². The average Bonchev–Trinajstić information content (AvgIpc) is 2.94. The monoisotopic (exact) mass is 249 g/mol. The predicted molar refractivity (Wildman–Crippen MR) is 66.8 cm³/mol. The van der Waals surface area contributed by atoms with Gasteiger partial charge in [-0.05, 0) is 18.1 Å². The summed E-state index contributed by atoms with van der Waals surface area (Å²) < 4.78 is 7.69. The first-order chi connectivity index (χ1) is 7.88. The van der Waals surface area contributed by atoms with Crippen LogP contribution in [0.15, 0.2) is 22.7 Å². The Labute approximate surface area is 105 Å². The highest BCUT2D eigenvalue weighted by Gasteiger charge is 2.16. The van der Waals surface area contributed by atoms with E-state index in [2.05, 4.69) is 20.8 Å². The Bertz CT molecular complexity index is 565. The van der Waals surface area contributed by atoms with Crippen molar-refractivity contribution in [3.05, 3.63) is 29.9 Å². The molecule has 3 rings (SSSR count). The summed E-state index contributed by atoms with van der Waals surface area (Å²) in [5.41, 5.74) is 0.998. The van der Waals surface area contributed by atoms with Gasteiger partial charge in [-0.15, -0.1) is 18.8 Å². The van der Waals surface area contributed by atoms with Crippen LogP contribution < -0.4 is 5.32 Å². The lowest BCUT2D eigenvalue weighted by atomic mass is 10.3. The second kappa shape index (κ2) is 4.66. The molecule has 0 amide bonds. The van der Waals surface area contributed by atoms with Gasteiger partial charge < -0.3 is 14.3 Å². The third-order valence-corrected chi connectivity index (χ3v) is 2.73. The van der Waals surface area contributed by atoms with Crippen molar-refractivity contribution in [2.24, 2.45) is 0 Å². The van der Waals surface area contributed by atoms with E-state index < -0.39 is 0 Å². The Morgan fingerprint density at radius 1 is 1.47 bits per heavy atom. The maximum Gasteiger partial charge on any atom is 0.177 e. The minimum Gasteiger partial charge on any atom is -0.446 e. The van der Waals surface area contributed by atoms with Crippen molar-refractivity contribution in [1.82, 2.24) is 14.9 Å². The lowest BCUT2D eigenvalue weighted by molar-refractivity contribution is 0.499. The fourth-order valence-electron chi connectivity index (χ4n) is 1.95. The third-order valence-electron chi connectivity index (χ3n) is 2.73. The topological polar surface area (TPSA) is 43.0 Å². The zero-order chi connectivity index (χ0) is 11.0. The molecule has 2 aromatic rings. The number of terminal acetylenes is 1. The van der Waals surface area contributed by atoms with Crippen LogP contribution in [0, 0.1) is 12.3 Å². The number of imidazole rings is 1. The number of rotatable bonds is 1. The second-order valence-corrected chi connectivity index (χ2v) is 3.70. The minimum atomic E-state index is 0. The molecule has 0 aliphatic carbocycles. The van der Waals surface area contributed by atoms with Gasteiger partial charge in [0.25, 0.3) is 0 Å². The number of nitrogens with one attached hydrogen (secondary N) is 1. The van der Waals surface area contributed by atoms with Gasteiger partial charge in [0.05, 0.1) is 12.7 Å². The maximum atomic E-state index is 5.53. The number of furan rings is 1. The highest BCUT2D eigenvalue weighted by atomic mass is 35.5. The third kappa shape index (κ3) is 1.95. The minimum absolute atomic E-state index is 0. The summed E-state index contributed by atoms with van der Waals surface area (Å²) in [7, 11) is 0. The van der Waals surface area contributed by atoms with Gasteiger partial charge in [-0.3, -0.25) is 0 Å². The predicted octanol–water partition coefficient (Wildman–Crippen LogP) is 1.65. The van der Waals surface area contributed by atoms with E-state index in [1.165, 1.54) is 0 Å². The fourth-order valence-corrected chi connectivity index (χ4v) is 1.95. The largest absolute Gasteiger partial charge is 0.446 e. The Morgan fingerprint density at radius 3 is 3.12 bits per heavy atom. The fraction of sp³-hybridized carbons (Fsp3) is 0.250. The summed E-state index contributed by atoms with van der Waals surface area (Å²) in [6.45, 7) is 2.68. The number of hydrogen-bond donors (Lipinski definition) is 1. The number of nitrogens with zero attached hydrogens (tertiary/aromatic N) is 2. The first-order valence-electron chi connectivity index (χ1n) is 5.20. The molecule has 2 aromatic heterocycles. The molecule has 88 valence electrons. The molecule has 0 atom stereocenters. The Kier molecular flexibility index (Phi) is 3.23. The molecule has 1 aliphatic heterocycles. The number of hydrogen-bond acceptors (Lipinski definition) is 3. The van der Waals surface area contributed by atoms with Crippen molar-refractivity contribution < 1.29 is 4.42 Å². The summed E-state index contributed by atoms with van der Waals surface area (Å²) in [6, 6.07) is 3.69. The molecule has 0 radical (unpaired) electrons. The summed E-state index contributed by atoms with van der Waals surface area (Å²) in [6.07, 6.45) is 7.11. The normalized spacial score (nSPS) is 13.6. The molecule has 5 heteroatoms. The second-order valence-electron chi connectivity index (χ2n) is 3.70. The van der Waals surface area contributed by atoms with Gasteiger partial charge in [0.1, 0.15) is 11.5 Å². The first-order valence-corrected chi connectivity index (χ1v) is 5.20. The van der Waals surface area contributed by atoms with Crippen LogP contribution in [0.5, 0.6) is 0 Å². The summed E-state index contributed by atoms with van der Waals surface area (Å²) >= 11 is 0. The number of halogens is 1. The van der Waals surface area contributed by atoms with Gasteiger partial charge in [-0.25, -0.2) is 4.98 Å². The number of aromatic nitrogens is 2. The van der Waals surface area contributed by atoms with Gasteiger partial charge >= 0.3 is 0 Å². The van der Waals surface area contributed by atoms with E-state index in [-0.39, 0.29) is 12.4 Å². The molecule has 0 saturated heterocycles. The van der Waals surface area contributed by atoms with Crippen LogP contribution >= 0.6 is 12.4 Å². The van der Waals surface area contributed by atoms with Crippen LogP contribution in [-0.2, 0) is 13.1 Å². The van der Waals surface area contributed by atoms with E-state index in [1.54, 1.807) is 6.07 Å². The maximum absolute atomic E-state index is 5.53. The van der Waals surface area contributed by atoms with E-state index in [9.17, 15) is 0 Å². The molecular weight excluding hydrogens is 238 g/mol. The molecule has 4 nitrogen and oxygen atoms in total. The van der Waals surface area contributed by atoms with Crippen LogP contribution in [0.2, 0.25) is 0 Å². The quantitative estimate of drug-likeness (QED) is 0.782. The molecular formula is C12H12ClN3O. The van der Waals surface area contributed by atoms with Crippen LogP contribution in [0.25, 0.3) is 11.5 Å². The van der Waals surface area contributed by atoms with Crippen molar-refractivity contribution in [1.29, 1.82) is 0 Å². The van der Waals surface area contributed by atoms with Crippen LogP contribution in [0.3, 0.4) is 0 Å². The van der Waals surface area contributed by atoms with Gasteiger partial charge in [0.2, 0.25) is 0 Å². The molecule has 0 bridgehead atoms. The first kappa shape index (κ1) is 11.8. The molecule has 3 heterocycles. The zero-order valence-corrected chi connectivity index (χ0v) is 9.96. The summed E-state index contributed by atoms with van der Waals surface area (Å²) in [5.74, 6) is 4.86. The smallest absolute Gasteiger partial charge is 0.177 e. The van der Waals surface area contributed by atoms with Gasteiger partial charge in [0, 0.05) is 13.1 Å². The van der Waals surface area contributed by atoms with E-state index >= 15 is 0 Å². The van der Waals surface area contributed by atoms with Crippen molar-refractivity contribution in [3.8, 4) is 23.8 Å². The van der Waals surface area contributed by atoms with Crippen molar-refractivity contribution in [3.63, 3.8) is 0 Å². The molecule has 0 saturated carbocycles. The molecule has 0 aromatic carbocycles. The molecule has 1 aliphatic rings. The molecule has 17 heavy (non-hydrogen) atoms. The van der Waals surface area contributed by atoms with Crippen molar-refractivity contribution >= 4 is 12.4 Å². The lowest BCUT2D eigenvalue weighted by Gasteiger charge is -2.16.